The average molecular weight is 386 g/mol. The lowest BCUT2D eigenvalue weighted by molar-refractivity contribution is 0.214. The molecule has 4 rings (SSSR count). The molecule has 29 heavy (non-hydrogen) atoms. The van der Waals surface area contributed by atoms with Gasteiger partial charge >= 0.3 is 0 Å². The first-order valence-corrected chi connectivity index (χ1v) is 9.80. The number of pyridine rings is 2. The Morgan fingerprint density at radius 2 is 1.28 bits per heavy atom. The zero-order chi connectivity index (χ0) is 20.7. The second-order valence-electron chi connectivity index (χ2n) is 7.59. The minimum atomic E-state index is -0.862. The molecule has 0 aliphatic heterocycles. The van der Waals surface area contributed by atoms with Crippen LogP contribution in [-0.4, -0.2) is 24.2 Å². The number of aromatic nitrogens is 4. The molecule has 0 bridgehead atoms. The fraction of sp³-hybridized carbons (Fsp3) is 0.250. The third-order valence-corrected chi connectivity index (χ3v) is 5.36. The summed E-state index contributed by atoms with van der Waals surface area (Å²) in [6, 6.07) is 17.9. The Kier molecular flexibility index (Phi) is 4.84. The average Bonchev–Trinajstić information content (AvgIpc) is 3.21. The number of hydrogen-bond donors (Lipinski definition) is 1. The van der Waals surface area contributed by atoms with Gasteiger partial charge in [0.15, 0.2) is 0 Å². The molecule has 0 aliphatic rings. The highest BCUT2D eigenvalue weighted by Crippen LogP contribution is 2.29. The molecule has 0 spiro atoms. The second-order valence-corrected chi connectivity index (χ2v) is 7.59. The molecule has 0 aliphatic carbocycles. The van der Waals surface area contributed by atoms with Crippen molar-refractivity contribution in [2.75, 3.05) is 0 Å². The van der Waals surface area contributed by atoms with Gasteiger partial charge in [0.1, 0.15) is 17.7 Å². The minimum Gasteiger partial charge on any atom is -0.382 e. The molecule has 0 saturated carbocycles. The van der Waals surface area contributed by atoms with E-state index in [1.54, 1.807) is 0 Å². The van der Waals surface area contributed by atoms with Crippen molar-refractivity contribution in [3.8, 4) is 11.6 Å². The molecule has 4 aromatic rings. The SMILES string of the molecule is Cc1cccc(C(O)c2ccc(-n3c(C)ccc3C)nc2-n2c(C)ccc2C)n1. The van der Waals surface area contributed by atoms with E-state index in [-0.39, 0.29) is 0 Å². The second kappa shape index (κ2) is 7.33. The van der Waals surface area contributed by atoms with Crippen molar-refractivity contribution in [3.05, 3.63) is 94.3 Å². The van der Waals surface area contributed by atoms with Crippen molar-refractivity contribution in [2.45, 2.75) is 40.7 Å². The van der Waals surface area contributed by atoms with Crippen LogP contribution in [0.2, 0.25) is 0 Å². The molecule has 0 fully saturated rings. The standard InChI is InChI=1S/C24H26N4O/c1-15-7-6-8-21(25-15)23(29)20-13-14-22(27-16(2)9-10-17(27)3)26-24(20)28-18(4)11-12-19(28)5/h6-14,23,29H,1-5H3. The highest BCUT2D eigenvalue weighted by Gasteiger charge is 2.21. The molecule has 4 heterocycles. The van der Waals surface area contributed by atoms with Gasteiger partial charge < -0.3 is 14.2 Å². The number of rotatable bonds is 4. The molecule has 0 saturated heterocycles. The molecule has 4 aromatic heterocycles. The zero-order valence-electron chi connectivity index (χ0n) is 17.5. The maximum Gasteiger partial charge on any atom is 0.145 e. The molecule has 5 heteroatoms. The van der Waals surface area contributed by atoms with Gasteiger partial charge in [0.25, 0.3) is 0 Å². The van der Waals surface area contributed by atoms with Gasteiger partial charge in [-0.3, -0.25) is 4.98 Å². The van der Waals surface area contributed by atoms with Gasteiger partial charge in [-0.05, 0) is 83.1 Å². The van der Waals surface area contributed by atoms with Gasteiger partial charge in [-0.25, -0.2) is 4.98 Å². The van der Waals surface area contributed by atoms with Crippen LogP contribution in [0.5, 0.6) is 0 Å². The van der Waals surface area contributed by atoms with Gasteiger partial charge in [-0.15, -0.1) is 0 Å². The summed E-state index contributed by atoms with van der Waals surface area (Å²) in [5.41, 5.74) is 6.61. The highest BCUT2D eigenvalue weighted by atomic mass is 16.3. The maximum atomic E-state index is 11.2. The maximum absolute atomic E-state index is 11.2. The smallest absolute Gasteiger partial charge is 0.145 e. The van der Waals surface area contributed by atoms with Crippen molar-refractivity contribution < 1.29 is 5.11 Å². The summed E-state index contributed by atoms with van der Waals surface area (Å²) in [5.74, 6) is 1.56. The molecule has 1 atom stereocenters. The summed E-state index contributed by atoms with van der Waals surface area (Å²) in [5, 5.41) is 11.2. The number of nitrogens with zero attached hydrogens (tertiary/aromatic N) is 4. The van der Waals surface area contributed by atoms with Crippen LogP contribution in [0, 0.1) is 34.6 Å². The Morgan fingerprint density at radius 3 is 1.86 bits per heavy atom. The Hall–Kier alpha value is -3.18. The van der Waals surface area contributed by atoms with E-state index < -0.39 is 6.10 Å². The monoisotopic (exact) mass is 386 g/mol. The lowest BCUT2D eigenvalue weighted by atomic mass is 10.1. The Labute approximate surface area is 171 Å². The first-order valence-electron chi connectivity index (χ1n) is 9.80. The van der Waals surface area contributed by atoms with E-state index >= 15 is 0 Å². The molecule has 0 aromatic carbocycles. The lowest BCUT2D eigenvalue weighted by Gasteiger charge is -2.20. The third kappa shape index (κ3) is 3.38. The topological polar surface area (TPSA) is 55.9 Å². The van der Waals surface area contributed by atoms with Crippen LogP contribution in [0.15, 0.2) is 54.6 Å². The molecule has 148 valence electrons. The van der Waals surface area contributed by atoms with Crippen molar-refractivity contribution in [1.82, 2.24) is 19.1 Å². The minimum absolute atomic E-state index is 0.622. The number of aryl methyl sites for hydroxylation is 5. The van der Waals surface area contributed by atoms with Crippen LogP contribution in [0.1, 0.15) is 45.8 Å². The summed E-state index contributed by atoms with van der Waals surface area (Å²) in [7, 11) is 0. The van der Waals surface area contributed by atoms with E-state index in [1.807, 2.05) is 37.3 Å². The zero-order valence-corrected chi connectivity index (χ0v) is 17.5. The molecule has 1 N–H and O–H groups in total. The lowest BCUT2D eigenvalue weighted by Crippen LogP contribution is -2.14. The van der Waals surface area contributed by atoms with Crippen LogP contribution in [0.3, 0.4) is 0 Å². The van der Waals surface area contributed by atoms with E-state index in [0.29, 0.717) is 5.69 Å². The van der Waals surface area contributed by atoms with Gasteiger partial charge in [-0.1, -0.05) is 6.07 Å². The van der Waals surface area contributed by atoms with E-state index in [0.717, 1.165) is 45.7 Å². The van der Waals surface area contributed by atoms with Crippen LogP contribution < -0.4 is 0 Å². The van der Waals surface area contributed by atoms with Crippen molar-refractivity contribution >= 4 is 0 Å². The number of aliphatic hydroxyl groups excluding tert-OH is 1. The Balaban J connectivity index is 1.94. The third-order valence-electron chi connectivity index (χ3n) is 5.36. The summed E-state index contributed by atoms with van der Waals surface area (Å²) in [6.45, 7) is 10.2. The quantitative estimate of drug-likeness (QED) is 0.554. The largest absolute Gasteiger partial charge is 0.382 e. The summed E-state index contributed by atoms with van der Waals surface area (Å²) >= 11 is 0. The predicted molar refractivity (Wildman–Crippen MR) is 115 cm³/mol. The highest BCUT2D eigenvalue weighted by molar-refractivity contribution is 5.47. The summed E-state index contributed by atoms with van der Waals surface area (Å²) < 4.78 is 4.21. The van der Waals surface area contributed by atoms with E-state index in [9.17, 15) is 5.11 Å². The summed E-state index contributed by atoms with van der Waals surface area (Å²) in [4.78, 5) is 9.53. The fourth-order valence-electron chi connectivity index (χ4n) is 3.87. The Bertz CT molecular complexity index is 1150. The van der Waals surface area contributed by atoms with Crippen molar-refractivity contribution in [1.29, 1.82) is 0 Å². The van der Waals surface area contributed by atoms with Gasteiger partial charge in [0, 0.05) is 34.0 Å². The normalized spacial score (nSPS) is 12.3. The molecular weight excluding hydrogens is 360 g/mol. The van der Waals surface area contributed by atoms with Crippen LogP contribution in [0.25, 0.3) is 11.6 Å². The predicted octanol–water partition coefficient (Wildman–Crippen LogP) is 4.68. The van der Waals surface area contributed by atoms with E-state index in [1.165, 1.54) is 0 Å². The first-order chi connectivity index (χ1) is 13.9. The van der Waals surface area contributed by atoms with E-state index in [2.05, 4.69) is 66.1 Å². The molecule has 1 unspecified atom stereocenters. The van der Waals surface area contributed by atoms with Crippen molar-refractivity contribution in [3.63, 3.8) is 0 Å². The molecule has 0 radical (unpaired) electrons. The number of aliphatic hydroxyl groups is 1. The Morgan fingerprint density at radius 1 is 0.690 bits per heavy atom. The van der Waals surface area contributed by atoms with Gasteiger partial charge in [0.05, 0.1) is 5.69 Å². The first kappa shape index (κ1) is 19.2. The van der Waals surface area contributed by atoms with Crippen LogP contribution >= 0.6 is 0 Å². The van der Waals surface area contributed by atoms with Crippen LogP contribution in [-0.2, 0) is 0 Å². The van der Waals surface area contributed by atoms with Crippen LogP contribution in [0.4, 0.5) is 0 Å². The molecule has 5 nitrogen and oxygen atoms in total. The summed E-state index contributed by atoms with van der Waals surface area (Å²) in [6.07, 6.45) is -0.862. The number of hydrogen-bond acceptors (Lipinski definition) is 3. The van der Waals surface area contributed by atoms with Gasteiger partial charge in [-0.2, -0.15) is 0 Å². The molecular formula is C24H26N4O. The fourth-order valence-corrected chi connectivity index (χ4v) is 3.87. The molecule has 0 amide bonds. The van der Waals surface area contributed by atoms with E-state index in [4.69, 9.17) is 4.98 Å². The van der Waals surface area contributed by atoms with Gasteiger partial charge in [0.2, 0.25) is 0 Å². The van der Waals surface area contributed by atoms with Crippen molar-refractivity contribution in [2.24, 2.45) is 0 Å².